The predicted molar refractivity (Wildman–Crippen MR) is 172 cm³/mol. The molecule has 0 saturated heterocycles. The molecule has 2 saturated carbocycles. The van der Waals surface area contributed by atoms with Gasteiger partial charge < -0.3 is 20.5 Å². The monoisotopic (exact) mass is 645 g/mol. The van der Waals surface area contributed by atoms with Crippen molar-refractivity contribution in [2.45, 2.75) is 50.2 Å². The van der Waals surface area contributed by atoms with E-state index in [9.17, 15) is 13.6 Å². The minimum Gasteiger partial charge on any atom is -0.494 e. The number of nitrogens with zero attached hydrogens (tertiary/aromatic N) is 3. The van der Waals surface area contributed by atoms with Crippen LogP contribution in [0, 0.1) is 11.7 Å². The van der Waals surface area contributed by atoms with Crippen LogP contribution in [0.3, 0.4) is 0 Å². The number of carbonyl (C=O) groups is 2. The van der Waals surface area contributed by atoms with E-state index in [0.717, 1.165) is 46.5 Å². The molecule has 4 heterocycles. The number of hydrogen-bond donors (Lipinski definition) is 2. The zero-order valence-electron chi connectivity index (χ0n) is 25.4. The van der Waals surface area contributed by atoms with Crippen LogP contribution in [0.15, 0.2) is 48.0 Å². The summed E-state index contributed by atoms with van der Waals surface area (Å²) in [5, 5.41) is 11.0. The molecule has 3 aliphatic rings. The first-order valence-corrected chi connectivity index (χ1v) is 16.2. The summed E-state index contributed by atoms with van der Waals surface area (Å²) in [6.45, 7) is 3.12. The summed E-state index contributed by atoms with van der Waals surface area (Å²) >= 11 is 1.37. The summed E-state index contributed by atoms with van der Waals surface area (Å²) in [6.07, 6.45) is 4.90. The summed E-state index contributed by atoms with van der Waals surface area (Å²) in [5.74, 6) is -0.114. The molecule has 2 aliphatic carbocycles. The molecule has 0 bridgehead atoms. The molecule has 8 rings (SSSR count). The molecule has 1 aliphatic heterocycles. The van der Waals surface area contributed by atoms with Gasteiger partial charge >= 0.3 is 0 Å². The lowest BCUT2D eigenvalue weighted by molar-refractivity contribution is -0.106. The van der Waals surface area contributed by atoms with Gasteiger partial charge in [-0.25, -0.2) is 18.4 Å². The third-order valence-electron chi connectivity index (χ3n) is 9.02. The number of ether oxygens (including phenoxy) is 2. The number of nitrogens with one attached hydrogen (secondary N) is 1. The Morgan fingerprint density at radius 2 is 2.09 bits per heavy atom. The molecule has 46 heavy (non-hydrogen) atoms. The molecule has 3 N–H and O–H groups in total. The van der Waals surface area contributed by atoms with Gasteiger partial charge in [-0.1, -0.05) is 19.1 Å². The van der Waals surface area contributed by atoms with E-state index in [0.29, 0.717) is 58.8 Å². The Morgan fingerprint density at radius 1 is 1.30 bits per heavy atom. The zero-order valence-corrected chi connectivity index (χ0v) is 26.2. The molecule has 3 aromatic heterocycles. The van der Waals surface area contributed by atoms with Crippen molar-refractivity contribution >= 4 is 44.6 Å². The molecule has 2 unspecified atom stereocenters. The van der Waals surface area contributed by atoms with Gasteiger partial charge in [0.2, 0.25) is 12.2 Å². The fraction of sp³-hybridized carbons (Fsp3) is 0.353. The molecule has 2 amide bonds. The summed E-state index contributed by atoms with van der Waals surface area (Å²) in [7, 11) is 1.52. The van der Waals surface area contributed by atoms with Gasteiger partial charge in [0, 0.05) is 76.0 Å². The number of hydrogen-bond acceptors (Lipinski definition) is 7. The van der Waals surface area contributed by atoms with Crippen LogP contribution in [0.4, 0.5) is 8.78 Å². The minimum atomic E-state index is -1.45. The lowest BCUT2D eigenvalue weighted by Crippen LogP contribution is -2.29. The van der Waals surface area contributed by atoms with Gasteiger partial charge in [0.15, 0.2) is 0 Å². The number of nitrogens with two attached hydrogens (primary N) is 1. The van der Waals surface area contributed by atoms with E-state index in [1.807, 2.05) is 11.4 Å². The van der Waals surface area contributed by atoms with Crippen molar-refractivity contribution in [3.05, 3.63) is 70.6 Å². The normalized spacial score (nSPS) is 18.3. The number of fused-ring (bicyclic) bond motifs is 3. The minimum absolute atomic E-state index is 0.0112. The predicted octanol–water partition coefficient (Wildman–Crippen LogP) is 6.40. The highest BCUT2D eigenvalue weighted by Gasteiger charge is 2.46. The average molecular weight is 646 g/mol. The van der Waals surface area contributed by atoms with Crippen molar-refractivity contribution in [1.29, 1.82) is 0 Å². The number of benzene rings is 2. The maximum atomic E-state index is 14.7. The highest BCUT2D eigenvalue weighted by Crippen LogP contribution is 2.49. The number of rotatable bonds is 8. The Balaban J connectivity index is 0.00000109. The van der Waals surface area contributed by atoms with E-state index in [-0.39, 0.29) is 30.0 Å². The SMILES string of the molecule is COc1cc(C(=O)NCC(c2cc3c(c(-c4csc5c(F)cccc45)n2)OCC3C)C2CC2)cc2cn(C3(F)CC3)nc12.NC=O. The Kier molecular flexibility index (Phi) is 7.62. The number of primary amides is 1. The van der Waals surface area contributed by atoms with Crippen molar-refractivity contribution in [3.8, 4) is 22.8 Å². The lowest BCUT2D eigenvalue weighted by Gasteiger charge is -2.20. The highest BCUT2D eigenvalue weighted by atomic mass is 32.1. The number of alkyl halides is 1. The van der Waals surface area contributed by atoms with Crippen LogP contribution in [0.25, 0.3) is 32.2 Å². The number of halogens is 2. The second-order valence-corrected chi connectivity index (χ2v) is 13.1. The first-order valence-electron chi connectivity index (χ1n) is 15.3. The second-order valence-electron chi connectivity index (χ2n) is 12.2. The van der Waals surface area contributed by atoms with Gasteiger partial charge in [0.1, 0.15) is 28.5 Å². The van der Waals surface area contributed by atoms with Crippen LogP contribution in [0.1, 0.15) is 66.1 Å². The number of methoxy groups -OCH3 is 1. The third kappa shape index (κ3) is 5.34. The van der Waals surface area contributed by atoms with E-state index >= 15 is 0 Å². The van der Waals surface area contributed by atoms with E-state index in [1.54, 1.807) is 24.4 Å². The van der Waals surface area contributed by atoms with Crippen molar-refractivity contribution in [2.75, 3.05) is 20.3 Å². The molecule has 9 nitrogen and oxygen atoms in total. The van der Waals surface area contributed by atoms with Crippen molar-refractivity contribution < 1.29 is 27.8 Å². The Morgan fingerprint density at radius 3 is 2.80 bits per heavy atom. The first-order chi connectivity index (χ1) is 22.2. The molecular weight excluding hydrogens is 612 g/mol. The number of aromatic nitrogens is 3. The average Bonchev–Trinajstić information content (AvgIpc) is 3.88. The summed E-state index contributed by atoms with van der Waals surface area (Å²) in [5.41, 5.74) is 8.74. The summed E-state index contributed by atoms with van der Waals surface area (Å²) < 4.78 is 42.9. The van der Waals surface area contributed by atoms with Crippen LogP contribution in [-0.2, 0) is 10.6 Å². The van der Waals surface area contributed by atoms with E-state index in [1.165, 1.54) is 29.2 Å². The number of pyridine rings is 1. The molecule has 5 aromatic rings. The zero-order chi connectivity index (χ0) is 32.2. The molecule has 0 spiro atoms. The number of carbonyl (C=O) groups excluding carboxylic acids is 2. The van der Waals surface area contributed by atoms with Gasteiger partial charge in [0.05, 0.1) is 18.4 Å². The standard InChI is InChI=1S/C33H30F2N4O3S.CH3NO/c1-17-15-42-30-22(17)12-26(37-29(30)24-16-43-31-21(24)4-3-5-25(31)34)23(18-6-7-18)13-36-32(40)19-10-20-14-39(33(35)8-9-33)38-28(20)27(11-19)41-2;2-1-3/h3-5,10-12,14,16-18,23H,6-9,13,15H2,1-2H3,(H,36,40);1H,(H2,2,3). The van der Waals surface area contributed by atoms with Gasteiger partial charge in [-0.2, -0.15) is 5.10 Å². The highest BCUT2D eigenvalue weighted by molar-refractivity contribution is 7.17. The molecule has 2 atom stereocenters. The topological polar surface area (TPSA) is 121 Å². The molecule has 0 radical (unpaired) electrons. The summed E-state index contributed by atoms with van der Waals surface area (Å²) in [6, 6.07) is 10.7. The molecule has 12 heteroatoms. The Bertz CT molecular complexity index is 1980. The van der Waals surface area contributed by atoms with Gasteiger partial charge in [-0.3, -0.25) is 9.59 Å². The Hall–Kier alpha value is -4.58. The van der Waals surface area contributed by atoms with Crippen LogP contribution < -0.4 is 20.5 Å². The molecular formula is C34H33F2N5O4S. The maximum Gasteiger partial charge on any atom is 0.251 e. The van der Waals surface area contributed by atoms with Crippen LogP contribution in [0.5, 0.6) is 11.5 Å². The summed E-state index contributed by atoms with van der Waals surface area (Å²) in [4.78, 5) is 27.2. The van der Waals surface area contributed by atoms with E-state index in [2.05, 4.69) is 29.1 Å². The van der Waals surface area contributed by atoms with Crippen molar-refractivity contribution in [2.24, 2.45) is 11.7 Å². The molecule has 238 valence electrons. The lowest BCUT2D eigenvalue weighted by atomic mass is 9.93. The van der Waals surface area contributed by atoms with Crippen molar-refractivity contribution in [3.63, 3.8) is 0 Å². The quantitative estimate of drug-likeness (QED) is 0.189. The smallest absolute Gasteiger partial charge is 0.251 e. The number of amides is 2. The largest absolute Gasteiger partial charge is 0.494 e. The fourth-order valence-corrected chi connectivity index (χ4v) is 7.17. The van der Waals surface area contributed by atoms with Gasteiger partial charge in [-0.05, 0) is 43.0 Å². The second kappa shape index (κ2) is 11.7. The van der Waals surface area contributed by atoms with Gasteiger partial charge in [0.25, 0.3) is 5.91 Å². The fourth-order valence-electron chi connectivity index (χ4n) is 6.21. The molecule has 2 aromatic carbocycles. The third-order valence-corrected chi connectivity index (χ3v) is 10.0. The van der Waals surface area contributed by atoms with Crippen molar-refractivity contribution in [1.82, 2.24) is 20.1 Å². The van der Waals surface area contributed by atoms with Crippen LogP contribution >= 0.6 is 11.3 Å². The van der Waals surface area contributed by atoms with E-state index in [4.69, 9.17) is 19.3 Å². The van der Waals surface area contributed by atoms with Crippen LogP contribution in [0.2, 0.25) is 0 Å². The van der Waals surface area contributed by atoms with Gasteiger partial charge in [-0.15, -0.1) is 11.3 Å². The van der Waals surface area contributed by atoms with E-state index < -0.39 is 5.79 Å². The maximum absolute atomic E-state index is 14.7. The first kappa shape index (κ1) is 30.1. The number of thiophene rings is 1. The molecule has 2 fully saturated rings. The van der Waals surface area contributed by atoms with Crippen LogP contribution in [-0.4, -0.2) is 47.3 Å². The Labute approximate surface area is 267 Å².